The number of hydrogen-bond acceptors (Lipinski definition) is 13. The van der Waals surface area contributed by atoms with Crippen molar-refractivity contribution in [2.45, 2.75) is 261 Å². The molecule has 3 saturated carbocycles. The van der Waals surface area contributed by atoms with Gasteiger partial charge in [-0.15, -0.1) is 0 Å². The van der Waals surface area contributed by atoms with Gasteiger partial charge >= 0.3 is 35.8 Å². The Kier molecular flexibility index (Phi) is 53.1. The molecule has 3 aliphatic rings. The summed E-state index contributed by atoms with van der Waals surface area (Å²) < 4.78 is 29.3. The van der Waals surface area contributed by atoms with Crippen molar-refractivity contribution in [2.75, 3.05) is 6.61 Å². The first-order valence-electron chi connectivity index (χ1n) is 19.3. The van der Waals surface area contributed by atoms with Gasteiger partial charge in [-0.1, -0.05) is 71.8 Å². The Balaban J connectivity index is -0.0000000730. The average Bonchev–Trinajstić information content (AvgIpc) is 3.46. The van der Waals surface area contributed by atoms with Gasteiger partial charge in [-0.25, -0.2) is 0 Å². The molecule has 0 aromatic heterocycles. The molecule has 1 atom stereocenters. The predicted octanol–water partition coefficient (Wildman–Crippen LogP) is 11.9. The maximum Gasteiger partial charge on any atom is 0.303 e. The van der Waals surface area contributed by atoms with Crippen molar-refractivity contribution in [2.24, 2.45) is 11.1 Å². The monoisotopic (exact) mass is 872 g/mol. The summed E-state index contributed by atoms with van der Waals surface area (Å²) in [5, 5.41) is 0. The molecular formula is C47H101NO12. The van der Waals surface area contributed by atoms with Crippen molar-refractivity contribution in [3.63, 3.8) is 0 Å². The van der Waals surface area contributed by atoms with Crippen LogP contribution in [0.1, 0.15) is 225 Å². The molecule has 0 aromatic carbocycles. The lowest BCUT2D eigenvalue weighted by Crippen LogP contribution is -2.38. The van der Waals surface area contributed by atoms with Gasteiger partial charge < -0.3 is 34.2 Å². The lowest BCUT2D eigenvalue weighted by molar-refractivity contribution is -0.152. The van der Waals surface area contributed by atoms with Gasteiger partial charge in [0, 0.05) is 47.1 Å². The van der Waals surface area contributed by atoms with E-state index in [1.807, 2.05) is 48.5 Å². The first-order chi connectivity index (χ1) is 24.5. The fourth-order valence-electron chi connectivity index (χ4n) is 4.53. The Morgan fingerprint density at radius 1 is 0.483 bits per heavy atom. The van der Waals surface area contributed by atoms with Crippen molar-refractivity contribution in [1.82, 2.24) is 0 Å². The molecule has 13 heteroatoms. The summed E-state index contributed by atoms with van der Waals surface area (Å²) in [6.45, 7) is 26.1. The highest BCUT2D eigenvalue weighted by Crippen LogP contribution is 2.23. The van der Waals surface area contributed by atoms with E-state index in [1.165, 1.54) is 80.1 Å². The molecule has 3 rings (SSSR count). The maximum atomic E-state index is 10.5. The van der Waals surface area contributed by atoms with E-state index in [-0.39, 0.29) is 122 Å². The molecule has 0 amide bonds. The maximum absolute atomic E-state index is 10.5. The van der Waals surface area contributed by atoms with Crippen LogP contribution in [-0.2, 0) is 57.2 Å². The molecule has 0 bridgehead atoms. The van der Waals surface area contributed by atoms with E-state index in [2.05, 4.69) is 4.74 Å². The van der Waals surface area contributed by atoms with Crippen molar-refractivity contribution in [3.8, 4) is 0 Å². The van der Waals surface area contributed by atoms with E-state index in [0.29, 0.717) is 0 Å². The number of carbonyl (C=O) groups is 6. The van der Waals surface area contributed by atoms with Gasteiger partial charge in [-0.3, -0.25) is 28.8 Å². The third kappa shape index (κ3) is 61.4. The molecule has 0 spiro atoms. The fourth-order valence-corrected chi connectivity index (χ4v) is 4.53. The van der Waals surface area contributed by atoms with Crippen molar-refractivity contribution in [3.05, 3.63) is 0 Å². The number of nitrogens with two attached hydrogens (primary N) is 1. The summed E-state index contributed by atoms with van der Waals surface area (Å²) in [7, 11) is 0. The van der Waals surface area contributed by atoms with E-state index in [4.69, 9.17) is 29.4 Å². The zero-order valence-electron chi connectivity index (χ0n) is 36.5. The second kappa shape index (κ2) is 41.1. The number of carbonyl (C=O) groups excluding carboxylic acids is 6. The summed E-state index contributed by atoms with van der Waals surface area (Å²) in [6, 6.07) is 0. The summed E-state index contributed by atoms with van der Waals surface area (Å²) in [5.74, 6) is -1.13. The van der Waals surface area contributed by atoms with Gasteiger partial charge in [0.1, 0.15) is 36.6 Å². The summed E-state index contributed by atoms with van der Waals surface area (Å²) in [4.78, 5) is 62.0. The molecule has 0 radical (unpaired) electrons. The molecule has 3 aliphatic carbocycles. The predicted molar refractivity (Wildman–Crippen MR) is 250 cm³/mol. The zero-order chi connectivity index (χ0) is 42.7. The molecule has 0 aliphatic heterocycles. The number of ether oxygens (including phenoxy) is 6. The standard InChI is InChI=1S/C8H14O2.C8H16O2.C7H12O2.C6H13NO2.C6H10O2.C6H12O2.6CH4/c1-7(9)10-8-5-3-2-4-6-8;1-6(8(3,4)5)10-7(2)9;1-6(8)9-7-4-2-3-5-7;1-5(8)9-4-6(2,3)7;1-5(7)8-6-3-2-4-6;1-5(7)8-6(2,3)4;;;;;;/h8H,2-6H2,1H3;6H,1-5H3;7H,2-5H2,1H3;4,7H2,1-3H3;6H,2-4H2,1H3;1-4H3;6*1H4. The Labute approximate surface area is 371 Å². The summed E-state index contributed by atoms with van der Waals surface area (Å²) in [6.07, 6.45) is 14.5. The third-order valence-electron chi connectivity index (χ3n) is 7.56. The highest BCUT2D eigenvalue weighted by molar-refractivity contribution is 5.67. The molecular weight excluding hydrogens is 771 g/mol. The van der Waals surface area contributed by atoms with Gasteiger partial charge in [0.05, 0.1) is 0 Å². The highest BCUT2D eigenvalue weighted by atomic mass is 16.6. The molecule has 3 fully saturated rings. The molecule has 0 heterocycles. The van der Waals surface area contributed by atoms with Crippen molar-refractivity contribution in [1.29, 1.82) is 0 Å². The largest absolute Gasteiger partial charge is 0.464 e. The van der Waals surface area contributed by atoms with Crippen LogP contribution in [0.25, 0.3) is 0 Å². The summed E-state index contributed by atoms with van der Waals surface area (Å²) >= 11 is 0. The Morgan fingerprint density at radius 3 is 0.917 bits per heavy atom. The lowest BCUT2D eigenvalue weighted by atomic mass is 9.90. The highest BCUT2D eigenvalue weighted by Gasteiger charge is 2.22. The molecule has 60 heavy (non-hydrogen) atoms. The number of esters is 6. The topological polar surface area (TPSA) is 184 Å². The van der Waals surface area contributed by atoms with Crippen LogP contribution in [0.4, 0.5) is 0 Å². The van der Waals surface area contributed by atoms with Gasteiger partial charge in [0.15, 0.2) is 0 Å². The molecule has 2 N–H and O–H groups in total. The van der Waals surface area contributed by atoms with E-state index < -0.39 is 5.54 Å². The zero-order valence-corrected chi connectivity index (χ0v) is 36.5. The van der Waals surface area contributed by atoms with E-state index in [0.717, 1.165) is 38.5 Å². The number of hydrogen-bond donors (Lipinski definition) is 1. The average molecular weight is 872 g/mol. The van der Waals surface area contributed by atoms with E-state index >= 15 is 0 Å². The van der Waals surface area contributed by atoms with Gasteiger partial charge in [0.25, 0.3) is 0 Å². The number of rotatable bonds is 6. The van der Waals surface area contributed by atoms with Crippen LogP contribution in [0.2, 0.25) is 0 Å². The van der Waals surface area contributed by atoms with Crippen LogP contribution in [0.5, 0.6) is 0 Å². The normalized spacial score (nSPS) is 14.6. The van der Waals surface area contributed by atoms with E-state index in [9.17, 15) is 28.8 Å². The van der Waals surface area contributed by atoms with Gasteiger partial charge in [-0.2, -0.15) is 0 Å². The Hall–Kier alpha value is -3.22. The lowest BCUT2D eigenvalue weighted by Gasteiger charge is -2.26. The minimum absolute atomic E-state index is 0. The second-order valence-corrected chi connectivity index (χ2v) is 16.6. The second-order valence-electron chi connectivity index (χ2n) is 16.6. The van der Waals surface area contributed by atoms with Crippen LogP contribution in [0.3, 0.4) is 0 Å². The minimum Gasteiger partial charge on any atom is -0.464 e. The first-order valence-corrected chi connectivity index (χ1v) is 19.3. The van der Waals surface area contributed by atoms with Crippen LogP contribution in [-0.4, -0.2) is 78.0 Å². The minimum atomic E-state index is -0.411. The van der Waals surface area contributed by atoms with Crippen molar-refractivity contribution >= 4 is 35.8 Å². The smallest absolute Gasteiger partial charge is 0.303 e. The molecule has 1 unspecified atom stereocenters. The van der Waals surface area contributed by atoms with Crippen molar-refractivity contribution < 1.29 is 57.2 Å². The SMILES string of the molecule is C.C.C.C.C.C.CC(=O)OC(C)(C)C.CC(=O)OC(C)C(C)(C)C.CC(=O)OC1CCC1.CC(=O)OC1CCCC1.CC(=O)OC1CCCCC1.CC(=O)OCC(C)(C)N. The molecule has 0 saturated heterocycles. The van der Waals surface area contributed by atoms with Gasteiger partial charge in [0.2, 0.25) is 0 Å². The van der Waals surface area contributed by atoms with E-state index in [1.54, 1.807) is 13.8 Å². The molecule has 0 aromatic rings. The van der Waals surface area contributed by atoms with Crippen LogP contribution in [0, 0.1) is 5.41 Å². The summed E-state index contributed by atoms with van der Waals surface area (Å²) in [5.41, 5.74) is 4.82. The van der Waals surface area contributed by atoms with Crippen LogP contribution in [0.15, 0.2) is 0 Å². The van der Waals surface area contributed by atoms with Crippen LogP contribution < -0.4 is 5.73 Å². The Morgan fingerprint density at radius 2 is 0.783 bits per heavy atom. The molecule has 366 valence electrons. The Bertz CT molecular complexity index is 1070. The van der Waals surface area contributed by atoms with Crippen LogP contribution >= 0.6 is 0 Å². The molecule has 13 nitrogen and oxygen atoms in total. The fraction of sp³-hybridized carbons (Fsp3) is 0.872. The third-order valence-corrected chi connectivity index (χ3v) is 7.56. The quantitative estimate of drug-likeness (QED) is 0.197. The van der Waals surface area contributed by atoms with Gasteiger partial charge in [-0.05, 0) is 118 Å². The first kappa shape index (κ1) is 77.4.